The molecule has 11 nitrogen and oxygen atoms in total. The van der Waals surface area contributed by atoms with Crippen LogP contribution in [0, 0.1) is 0 Å². The molecule has 6 rings (SSSR count). The van der Waals surface area contributed by atoms with Crippen molar-refractivity contribution in [3.05, 3.63) is 94.9 Å². The summed E-state index contributed by atoms with van der Waals surface area (Å²) < 4.78 is 10.9. The molecule has 4 N–H and O–H groups in total. The Morgan fingerprint density at radius 2 is 1.89 bits per heavy atom. The number of nitrogens with one attached hydrogen (secondary N) is 2. The monoisotopic (exact) mass is 690 g/mol. The Labute approximate surface area is 283 Å². The number of aliphatic carboxylic acids is 1. The number of aromatic hydroxyl groups is 1. The molecule has 14 heteroatoms. The van der Waals surface area contributed by atoms with E-state index < -0.39 is 12.0 Å². The number of rotatable bonds is 10. The van der Waals surface area contributed by atoms with Crippen LogP contribution in [0.3, 0.4) is 0 Å². The van der Waals surface area contributed by atoms with Gasteiger partial charge in [0.2, 0.25) is 0 Å². The number of thioether (sulfide) groups is 1. The van der Waals surface area contributed by atoms with Crippen LogP contribution in [0.2, 0.25) is 5.02 Å². The molecule has 0 unspecified atom stereocenters. The van der Waals surface area contributed by atoms with Crippen molar-refractivity contribution in [2.45, 2.75) is 38.5 Å². The summed E-state index contributed by atoms with van der Waals surface area (Å²) >= 11 is 9.00. The van der Waals surface area contributed by atoms with Gasteiger partial charge >= 0.3 is 12.0 Å². The minimum Gasteiger partial charge on any atom is -0.506 e. The Morgan fingerprint density at radius 1 is 1.09 bits per heavy atom. The molecule has 0 aliphatic carbocycles. The smallest absolute Gasteiger partial charge is 0.320 e. The van der Waals surface area contributed by atoms with Crippen LogP contribution in [0.4, 0.5) is 10.6 Å². The number of nitrogens with zero attached hydrogens (tertiary/aromatic N) is 4. The zero-order chi connectivity index (χ0) is 33.3. The van der Waals surface area contributed by atoms with Gasteiger partial charge in [0.1, 0.15) is 23.1 Å². The maximum Gasteiger partial charge on any atom is 0.320 e. The van der Waals surface area contributed by atoms with Gasteiger partial charge in [-0.05, 0) is 36.4 Å². The standard InChI is InChI=1S/C33H31ClN6O5S2/c1-33(2,3)28-14-29(40(38-28)21-8-11-25(41)23(34)12-21)37-31(44)35-15-19-6-4-5-7-26(19)45-22-9-10-24-27(13-22)47-32-36-20(16-39(24)32)17-46-18-30(42)43/h4-14,16,41H,15,17-18H2,1-3H3,(H,42,43)(H2,35,37,44). The number of anilines is 1. The fourth-order valence-electron chi connectivity index (χ4n) is 4.78. The van der Waals surface area contributed by atoms with E-state index in [-0.39, 0.29) is 28.5 Å². The highest BCUT2D eigenvalue weighted by molar-refractivity contribution is 7.99. The second kappa shape index (κ2) is 13.2. The maximum atomic E-state index is 13.1. The Hall–Kier alpha value is -4.72. The molecule has 0 bridgehead atoms. The number of carboxylic acid groups (broad SMARTS) is 1. The number of fused-ring (bicyclic) bond motifs is 3. The molecule has 0 atom stereocenters. The van der Waals surface area contributed by atoms with Gasteiger partial charge in [0.15, 0.2) is 4.96 Å². The predicted molar refractivity (Wildman–Crippen MR) is 186 cm³/mol. The van der Waals surface area contributed by atoms with Crippen molar-refractivity contribution >= 4 is 67.7 Å². The van der Waals surface area contributed by atoms with Crippen LogP contribution in [0.5, 0.6) is 17.2 Å². The molecule has 0 saturated heterocycles. The van der Waals surface area contributed by atoms with E-state index in [1.165, 1.54) is 29.2 Å². The SMILES string of the molecule is CC(C)(C)c1cc(NC(=O)NCc2ccccc2Oc2ccc3c(c2)sc2nc(CSCC(=O)O)cn23)n(-c2ccc(O)c(Cl)c2)n1. The van der Waals surface area contributed by atoms with Gasteiger partial charge in [-0.15, -0.1) is 11.8 Å². The van der Waals surface area contributed by atoms with Gasteiger partial charge in [-0.2, -0.15) is 5.10 Å². The number of phenolic OH excluding ortho intramolecular Hbond substituents is 1. The molecule has 6 aromatic rings. The summed E-state index contributed by atoms with van der Waals surface area (Å²) in [7, 11) is 0. The number of urea groups is 1. The van der Waals surface area contributed by atoms with Crippen LogP contribution in [-0.4, -0.2) is 47.1 Å². The highest BCUT2D eigenvalue weighted by atomic mass is 35.5. The van der Waals surface area contributed by atoms with Crippen LogP contribution in [0.25, 0.3) is 20.9 Å². The molecule has 3 heterocycles. The van der Waals surface area contributed by atoms with Gasteiger partial charge < -0.3 is 20.3 Å². The number of carboxylic acids is 1. The lowest BCUT2D eigenvalue weighted by atomic mass is 9.92. The number of thiazole rings is 1. The quantitative estimate of drug-likeness (QED) is 0.114. The van der Waals surface area contributed by atoms with Crippen LogP contribution in [0.1, 0.15) is 37.7 Å². The van der Waals surface area contributed by atoms with E-state index in [2.05, 4.69) is 15.6 Å². The number of halogens is 1. The largest absolute Gasteiger partial charge is 0.506 e. The third kappa shape index (κ3) is 7.32. The number of benzene rings is 3. The van der Waals surface area contributed by atoms with E-state index >= 15 is 0 Å². The van der Waals surface area contributed by atoms with E-state index in [4.69, 9.17) is 26.5 Å². The summed E-state index contributed by atoms with van der Waals surface area (Å²) in [6.07, 6.45) is 1.94. The maximum absolute atomic E-state index is 13.1. The Kier molecular flexibility index (Phi) is 9.04. The zero-order valence-electron chi connectivity index (χ0n) is 25.7. The van der Waals surface area contributed by atoms with Crippen molar-refractivity contribution in [3.63, 3.8) is 0 Å². The number of amides is 2. The normalized spacial score (nSPS) is 11.7. The van der Waals surface area contributed by atoms with Crippen molar-refractivity contribution in [1.82, 2.24) is 24.5 Å². The van der Waals surface area contributed by atoms with E-state index in [0.717, 1.165) is 32.1 Å². The topological polar surface area (TPSA) is 143 Å². The second-order valence-corrected chi connectivity index (χ2v) is 14.1. The number of para-hydroxylation sites is 1. The zero-order valence-corrected chi connectivity index (χ0v) is 28.0. The fourth-order valence-corrected chi connectivity index (χ4v) is 6.63. The third-order valence-electron chi connectivity index (χ3n) is 7.13. The lowest BCUT2D eigenvalue weighted by Crippen LogP contribution is -2.29. The molecule has 47 heavy (non-hydrogen) atoms. The van der Waals surface area contributed by atoms with Crippen molar-refractivity contribution in [2.24, 2.45) is 0 Å². The number of carbonyl (C=O) groups excluding carboxylic acids is 1. The molecule has 0 spiro atoms. The lowest BCUT2D eigenvalue weighted by Gasteiger charge is -2.14. The number of phenols is 1. The van der Waals surface area contributed by atoms with Crippen LogP contribution < -0.4 is 15.4 Å². The first-order chi connectivity index (χ1) is 22.4. The number of ether oxygens (including phenoxy) is 1. The summed E-state index contributed by atoms with van der Waals surface area (Å²) in [6.45, 7) is 6.29. The van der Waals surface area contributed by atoms with Crippen molar-refractivity contribution in [3.8, 4) is 22.9 Å². The first kappa shape index (κ1) is 32.2. The first-order valence-electron chi connectivity index (χ1n) is 14.5. The van der Waals surface area contributed by atoms with Gasteiger partial charge in [0.25, 0.3) is 0 Å². The number of aromatic nitrogens is 4. The minimum atomic E-state index is -0.842. The van der Waals surface area contributed by atoms with Gasteiger partial charge in [-0.1, -0.05) is 61.9 Å². The first-order valence-corrected chi connectivity index (χ1v) is 16.9. The van der Waals surface area contributed by atoms with Gasteiger partial charge in [0, 0.05) is 41.6 Å². The molecule has 0 radical (unpaired) electrons. The Morgan fingerprint density at radius 3 is 2.66 bits per heavy atom. The lowest BCUT2D eigenvalue weighted by molar-refractivity contribution is -0.133. The molecule has 0 fully saturated rings. The average molecular weight is 691 g/mol. The van der Waals surface area contributed by atoms with E-state index in [0.29, 0.717) is 28.8 Å². The number of hydrogen-bond donors (Lipinski definition) is 4. The van der Waals surface area contributed by atoms with Gasteiger partial charge in [-0.25, -0.2) is 14.5 Å². The van der Waals surface area contributed by atoms with Crippen molar-refractivity contribution in [2.75, 3.05) is 11.1 Å². The Bertz CT molecular complexity index is 2120. The van der Waals surface area contributed by atoms with Crippen molar-refractivity contribution in [1.29, 1.82) is 0 Å². The number of hydrogen-bond acceptors (Lipinski definition) is 8. The van der Waals surface area contributed by atoms with Crippen molar-refractivity contribution < 1.29 is 24.5 Å². The number of imidazole rings is 1. The molecular weight excluding hydrogens is 660 g/mol. The van der Waals surface area contributed by atoms with E-state index in [9.17, 15) is 14.7 Å². The van der Waals surface area contributed by atoms with Crippen LogP contribution in [0.15, 0.2) is 72.9 Å². The Balaban J connectivity index is 1.15. The number of carbonyl (C=O) groups is 2. The van der Waals surface area contributed by atoms with Crippen LogP contribution in [-0.2, 0) is 22.5 Å². The third-order valence-corrected chi connectivity index (χ3v) is 9.40. The fraction of sp³-hybridized carbons (Fsp3) is 0.212. The summed E-state index contributed by atoms with van der Waals surface area (Å²) in [6, 6.07) is 19.4. The molecule has 242 valence electrons. The van der Waals surface area contributed by atoms with E-state index in [1.807, 2.05) is 79.9 Å². The predicted octanol–water partition coefficient (Wildman–Crippen LogP) is 7.82. The van der Waals surface area contributed by atoms with Crippen LogP contribution >= 0.6 is 34.7 Å². The average Bonchev–Trinajstić information content (AvgIpc) is 3.71. The molecule has 2 amide bonds. The minimum absolute atomic E-state index is 0.0367. The summed E-state index contributed by atoms with van der Waals surface area (Å²) in [5, 5.41) is 29.4. The molecule has 0 aliphatic rings. The van der Waals surface area contributed by atoms with Gasteiger partial charge in [0.05, 0.1) is 38.1 Å². The van der Waals surface area contributed by atoms with E-state index in [1.54, 1.807) is 16.8 Å². The molecule has 0 saturated carbocycles. The molecule has 3 aromatic heterocycles. The highest BCUT2D eigenvalue weighted by Crippen LogP contribution is 2.34. The summed E-state index contributed by atoms with van der Waals surface area (Å²) in [5.41, 5.74) is 3.66. The van der Waals surface area contributed by atoms with Gasteiger partial charge in [-0.3, -0.25) is 14.5 Å². The highest BCUT2D eigenvalue weighted by Gasteiger charge is 2.22. The second-order valence-electron chi connectivity index (χ2n) is 11.7. The summed E-state index contributed by atoms with van der Waals surface area (Å²) in [4.78, 5) is 29.4. The molecule has 3 aromatic carbocycles. The summed E-state index contributed by atoms with van der Waals surface area (Å²) in [5.74, 6) is 1.37. The molecule has 0 aliphatic heterocycles. The molecular formula is C33H31ClN6O5S2.